The van der Waals surface area contributed by atoms with Gasteiger partial charge < -0.3 is 4.74 Å². The van der Waals surface area contributed by atoms with Crippen LogP contribution in [-0.4, -0.2) is 28.7 Å². The molecule has 1 saturated heterocycles. The topological polar surface area (TPSA) is 53.3 Å². The second-order valence-electron chi connectivity index (χ2n) is 5.33. The van der Waals surface area contributed by atoms with Crippen molar-refractivity contribution in [3.8, 4) is 6.07 Å². The molecular formula is C11H16N2O2. The molecule has 2 rings (SSSR count). The zero-order valence-electron chi connectivity index (χ0n) is 9.36. The fourth-order valence-electron chi connectivity index (χ4n) is 2.15. The van der Waals surface area contributed by atoms with Crippen LogP contribution in [0.2, 0.25) is 0 Å². The minimum absolute atomic E-state index is 0.268. The van der Waals surface area contributed by atoms with Crippen LogP contribution in [0.15, 0.2) is 0 Å². The Kier molecular flexibility index (Phi) is 2.14. The van der Waals surface area contributed by atoms with Crippen molar-refractivity contribution < 1.29 is 9.53 Å². The van der Waals surface area contributed by atoms with Gasteiger partial charge in [0, 0.05) is 6.04 Å². The van der Waals surface area contributed by atoms with E-state index in [-0.39, 0.29) is 18.2 Å². The smallest absolute Gasteiger partial charge is 0.411 e. The average Bonchev–Trinajstić information content (AvgIpc) is 2.73. The minimum Gasteiger partial charge on any atom is -0.444 e. The molecule has 4 heteroatoms. The minimum atomic E-state index is -0.482. The standard InChI is InChI=1S/C11H16N2O2/c1-11(2,3)15-10(14)13-8(6-12)4-7-5-9(7)13/h7-9H,4-5H2,1-3H3/t7-,8+,9+/m0/s1. The Labute approximate surface area is 89.8 Å². The van der Waals surface area contributed by atoms with E-state index in [1.807, 2.05) is 20.8 Å². The maximum Gasteiger partial charge on any atom is 0.411 e. The predicted molar refractivity (Wildman–Crippen MR) is 54.0 cm³/mol. The largest absolute Gasteiger partial charge is 0.444 e. The first-order valence-electron chi connectivity index (χ1n) is 5.33. The van der Waals surface area contributed by atoms with Crippen molar-refractivity contribution in [3.05, 3.63) is 0 Å². The highest BCUT2D eigenvalue weighted by Gasteiger charge is 2.55. The monoisotopic (exact) mass is 208 g/mol. The molecule has 0 aromatic rings. The lowest BCUT2D eigenvalue weighted by Gasteiger charge is -2.27. The van der Waals surface area contributed by atoms with Gasteiger partial charge in [0.15, 0.2) is 0 Å². The molecule has 0 unspecified atom stereocenters. The number of rotatable bonds is 0. The van der Waals surface area contributed by atoms with Crippen molar-refractivity contribution in [2.75, 3.05) is 0 Å². The maximum atomic E-state index is 11.8. The summed E-state index contributed by atoms with van der Waals surface area (Å²) in [6.07, 6.45) is 1.52. The number of likely N-dealkylation sites (tertiary alicyclic amines) is 1. The van der Waals surface area contributed by atoms with Gasteiger partial charge in [-0.25, -0.2) is 4.79 Å². The number of nitriles is 1. The number of carbonyl (C=O) groups is 1. The molecule has 0 aromatic heterocycles. The summed E-state index contributed by atoms with van der Waals surface area (Å²) in [6.45, 7) is 5.52. The summed E-state index contributed by atoms with van der Waals surface area (Å²) < 4.78 is 5.29. The number of ether oxygens (including phenoxy) is 1. The number of hydrogen-bond donors (Lipinski definition) is 0. The summed E-state index contributed by atoms with van der Waals surface area (Å²) in [6, 6.07) is 2.16. The molecule has 15 heavy (non-hydrogen) atoms. The third-order valence-electron chi connectivity index (χ3n) is 2.86. The second kappa shape index (κ2) is 3.13. The first-order chi connectivity index (χ1) is 6.92. The molecule has 1 aliphatic carbocycles. The molecule has 0 N–H and O–H groups in total. The fraction of sp³-hybridized carbons (Fsp3) is 0.818. The van der Waals surface area contributed by atoms with Crippen LogP contribution in [0.3, 0.4) is 0 Å². The highest BCUT2D eigenvalue weighted by atomic mass is 16.6. The molecule has 2 fully saturated rings. The van der Waals surface area contributed by atoms with Crippen molar-refractivity contribution in [1.29, 1.82) is 5.26 Å². The summed E-state index contributed by atoms with van der Waals surface area (Å²) in [4.78, 5) is 13.4. The lowest BCUT2D eigenvalue weighted by atomic mass is 10.2. The average molecular weight is 208 g/mol. The van der Waals surface area contributed by atoms with Crippen LogP contribution in [0.1, 0.15) is 33.6 Å². The molecule has 1 saturated carbocycles. The van der Waals surface area contributed by atoms with E-state index >= 15 is 0 Å². The van der Waals surface area contributed by atoms with E-state index in [0.717, 1.165) is 12.8 Å². The second-order valence-corrected chi connectivity index (χ2v) is 5.33. The third kappa shape index (κ3) is 1.92. The Morgan fingerprint density at radius 2 is 2.13 bits per heavy atom. The zero-order chi connectivity index (χ0) is 11.2. The van der Waals surface area contributed by atoms with Crippen LogP contribution in [0.4, 0.5) is 4.79 Å². The molecule has 0 aromatic carbocycles. The van der Waals surface area contributed by atoms with E-state index in [9.17, 15) is 4.79 Å². The summed E-state index contributed by atoms with van der Waals surface area (Å²) >= 11 is 0. The molecule has 3 atom stereocenters. The molecule has 0 radical (unpaired) electrons. The summed E-state index contributed by atoms with van der Waals surface area (Å²) in [5.74, 6) is 0.544. The predicted octanol–water partition coefficient (Wildman–Crippen LogP) is 1.91. The Morgan fingerprint density at radius 1 is 1.47 bits per heavy atom. The lowest BCUT2D eigenvalue weighted by Crippen LogP contribution is -2.41. The Hall–Kier alpha value is -1.24. The first kappa shape index (κ1) is 10.3. The highest BCUT2D eigenvalue weighted by Crippen LogP contribution is 2.48. The van der Waals surface area contributed by atoms with Crippen LogP contribution in [-0.2, 0) is 4.74 Å². The van der Waals surface area contributed by atoms with E-state index in [4.69, 9.17) is 10.00 Å². The molecule has 82 valence electrons. The van der Waals surface area contributed by atoms with Gasteiger partial charge in [-0.2, -0.15) is 5.26 Å². The van der Waals surface area contributed by atoms with Crippen molar-refractivity contribution in [3.63, 3.8) is 0 Å². The van der Waals surface area contributed by atoms with E-state index in [1.54, 1.807) is 4.90 Å². The van der Waals surface area contributed by atoms with Crippen LogP contribution in [0.25, 0.3) is 0 Å². The Balaban J connectivity index is 2.04. The van der Waals surface area contributed by atoms with Gasteiger partial charge in [0.2, 0.25) is 0 Å². The van der Waals surface area contributed by atoms with E-state index in [0.29, 0.717) is 5.92 Å². The summed E-state index contributed by atoms with van der Waals surface area (Å²) in [5, 5.41) is 8.92. The van der Waals surface area contributed by atoms with E-state index < -0.39 is 5.60 Å². The number of hydrogen-bond acceptors (Lipinski definition) is 3. The Bertz CT molecular complexity index is 326. The van der Waals surface area contributed by atoms with Crippen molar-refractivity contribution in [2.45, 2.75) is 51.3 Å². The van der Waals surface area contributed by atoms with E-state index in [2.05, 4.69) is 6.07 Å². The SMILES string of the molecule is CC(C)(C)OC(=O)N1[C@@H]2C[C@@H]2C[C@@H]1C#N. The third-order valence-corrected chi connectivity index (χ3v) is 2.86. The quantitative estimate of drug-likeness (QED) is 0.611. The molecule has 1 aliphatic heterocycles. The van der Waals surface area contributed by atoms with E-state index in [1.165, 1.54) is 0 Å². The molecular weight excluding hydrogens is 192 g/mol. The molecule has 0 spiro atoms. The number of carbonyl (C=O) groups excluding carboxylic acids is 1. The summed E-state index contributed by atoms with van der Waals surface area (Å²) in [5.41, 5.74) is -0.482. The maximum absolute atomic E-state index is 11.8. The van der Waals surface area contributed by atoms with Gasteiger partial charge in [-0.15, -0.1) is 0 Å². The lowest BCUT2D eigenvalue weighted by molar-refractivity contribution is 0.0223. The Morgan fingerprint density at radius 3 is 2.67 bits per heavy atom. The number of fused-ring (bicyclic) bond motifs is 1. The van der Waals surface area contributed by atoms with Crippen molar-refractivity contribution >= 4 is 6.09 Å². The van der Waals surface area contributed by atoms with Gasteiger partial charge in [0.25, 0.3) is 0 Å². The van der Waals surface area contributed by atoms with Gasteiger partial charge in [0.1, 0.15) is 11.6 Å². The molecule has 1 amide bonds. The van der Waals surface area contributed by atoms with Crippen molar-refractivity contribution in [1.82, 2.24) is 4.90 Å². The highest BCUT2D eigenvalue weighted by molar-refractivity contribution is 5.70. The van der Waals surface area contributed by atoms with Crippen LogP contribution < -0.4 is 0 Å². The first-order valence-corrected chi connectivity index (χ1v) is 5.33. The van der Waals surface area contributed by atoms with Crippen LogP contribution >= 0.6 is 0 Å². The van der Waals surface area contributed by atoms with Crippen LogP contribution in [0.5, 0.6) is 0 Å². The number of nitrogens with zero attached hydrogens (tertiary/aromatic N) is 2. The zero-order valence-corrected chi connectivity index (χ0v) is 9.36. The fourth-order valence-corrected chi connectivity index (χ4v) is 2.15. The summed E-state index contributed by atoms with van der Waals surface area (Å²) in [7, 11) is 0. The molecule has 1 heterocycles. The number of piperidine rings is 1. The van der Waals surface area contributed by atoms with Gasteiger partial charge >= 0.3 is 6.09 Å². The molecule has 2 aliphatic rings. The van der Waals surface area contributed by atoms with Gasteiger partial charge in [-0.3, -0.25) is 4.90 Å². The van der Waals surface area contributed by atoms with Gasteiger partial charge in [-0.05, 0) is 39.5 Å². The molecule has 0 bridgehead atoms. The number of amides is 1. The normalized spacial score (nSPS) is 33.2. The van der Waals surface area contributed by atoms with Gasteiger partial charge in [0.05, 0.1) is 6.07 Å². The van der Waals surface area contributed by atoms with Crippen LogP contribution in [0, 0.1) is 17.2 Å². The van der Waals surface area contributed by atoms with Crippen molar-refractivity contribution in [2.24, 2.45) is 5.92 Å². The molecule has 4 nitrogen and oxygen atoms in total. The van der Waals surface area contributed by atoms with Gasteiger partial charge in [-0.1, -0.05) is 0 Å².